The third-order valence-electron chi connectivity index (χ3n) is 5.32. The Hall–Kier alpha value is -0.820. The van der Waals surface area contributed by atoms with Gasteiger partial charge in [-0.15, -0.1) is 0 Å². The summed E-state index contributed by atoms with van der Waals surface area (Å²) in [5.74, 6) is -1.23. The Morgan fingerprint density at radius 2 is 1.87 bits per heavy atom. The first kappa shape index (κ1) is 18.5. The van der Waals surface area contributed by atoms with Crippen molar-refractivity contribution in [2.75, 3.05) is 33.3 Å². The predicted octanol–water partition coefficient (Wildman–Crippen LogP) is 2.27. The number of aliphatic hydroxyl groups excluding tert-OH is 1. The van der Waals surface area contributed by atoms with E-state index in [1.54, 1.807) is 0 Å². The van der Waals surface area contributed by atoms with Crippen molar-refractivity contribution in [1.29, 1.82) is 0 Å². The van der Waals surface area contributed by atoms with E-state index in [1.807, 2.05) is 11.9 Å². The molecule has 1 aliphatic carbocycles. The Morgan fingerprint density at radius 1 is 1.22 bits per heavy atom. The summed E-state index contributed by atoms with van der Waals surface area (Å²) in [4.78, 5) is 15.7. The van der Waals surface area contributed by atoms with Crippen molar-refractivity contribution >= 4 is 5.91 Å². The van der Waals surface area contributed by atoms with Crippen molar-refractivity contribution in [2.24, 2.45) is 11.8 Å². The fraction of sp³-hybridized carbons (Fsp3) is 0.938. The number of alkyl halides is 3. The SMILES string of the molecule is CN(CC(=O)N1CCCC(C(F)(F)F)C1)C1CCC(CO)CC1. The molecule has 1 aliphatic heterocycles. The number of aliphatic hydroxyl groups is 1. The minimum atomic E-state index is -4.21. The highest BCUT2D eigenvalue weighted by Gasteiger charge is 2.42. The van der Waals surface area contributed by atoms with Crippen molar-refractivity contribution in [3.8, 4) is 0 Å². The van der Waals surface area contributed by atoms with E-state index in [4.69, 9.17) is 5.11 Å². The number of hydrogen-bond donors (Lipinski definition) is 1. The minimum absolute atomic E-state index is 0.119. The van der Waals surface area contributed by atoms with Gasteiger partial charge in [0.25, 0.3) is 0 Å². The second-order valence-electron chi connectivity index (χ2n) is 6.99. The first-order chi connectivity index (χ1) is 10.8. The summed E-state index contributed by atoms with van der Waals surface area (Å²) in [6.07, 6.45) is 0.0720. The predicted molar refractivity (Wildman–Crippen MR) is 80.8 cm³/mol. The van der Waals surface area contributed by atoms with E-state index in [1.165, 1.54) is 4.90 Å². The van der Waals surface area contributed by atoms with Gasteiger partial charge in [0.1, 0.15) is 0 Å². The van der Waals surface area contributed by atoms with Gasteiger partial charge in [-0.2, -0.15) is 13.2 Å². The van der Waals surface area contributed by atoms with Crippen molar-refractivity contribution in [3.63, 3.8) is 0 Å². The summed E-state index contributed by atoms with van der Waals surface area (Å²) in [7, 11) is 1.87. The van der Waals surface area contributed by atoms with Crippen LogP contribution in [0.25, 0.3) is 0 Å². The van der Waals surface area contributed by atoms with Crippen LogP contribution in [-0.4, -0.2) is 66.3 Å². The summed E-state index contributed by atoms with van der Waals surface area (Å²) in [5, 5.41) is 9.16. The van der Waals surface area contributed by atoms with Gasteiger partial charge in [0.2, 0.25) is 5.91 Å². The third kappa shape index (κ3) is 5.08. The van der Waals surface area contributed by atoms with E-state index in [9.17, 15) is 18.0 Å². The number of rotatable bonds is 4. The van der Waals surface area contributed by atoms with Crippen LogP contribution in [0.5, 0.6) is 0 Å². The molecule has 0 bridgehead atoms. The third-order valence-corrected chi connectivity index (χ3v) is 5.32. The number of carbonyl (C=O) groups is 1. The van der Waals surface area contributed by atoms with Crippen LogP contribution < -0.4 is 0 Å². The molecule has 0 aromatic rings. The minimum Gasteiger partial charge on any atom is -0.396 e. The summed E-state index contributed by atoms with van der Waals surface area (Å²) >= 11 is 0. The largest absolute Gasteiger partial charge is 0.396 e. The van der Waals surface area contributed by atoms with E-state index in [0.717, 1.165) is 25.7 Å². The smallest absolute Gasteiger partial charge is 0.393 e. The first-order valence-corrected chi connectivity index (χ1v) is 8.46. The maximum atomic E-state index is 12.8. The van der Waals surface area contributed by atoms with Gasteiger partial charge in [0, 0.05) is 25.7 Å². The van der Waals surface area contributed by atoms with E-state index in [2.05, 4.69) is 0 Å². The molecule has 1 unspecified atom stereocenters. The number of likely N-dealkylation sites (tertiary alicyclic amines) is 1. The van der Waals surface area contributed by atoms with Crippen LogP contribution in [0.4, 0.5) is 13.2 Å². The molecule has 1 N–H and O–H groups in total. The van der Waals surface area contributed by atoms with Crippen LogP contribution >= 0.6 is 0 Å². The molecule has 1 saturated carbocycles. The molecule has 1 atom stereocenters. The molecule has 2 fully saturated rings. The molecular formula is C16H27F3N2O2. The van der Waals surface area contributed by atoms with Crippen molar-refractivity contribution in [1.82, 2.24) is 9.80 Å². The zero-order chi connectivity index (χ0) is 17.0. The van der Waals surface area contributed by atoms with Gasteiger partial charge in [0.15, 0.2) is 0 Å². The number of amides is 1. The summed E-state index contributed by atoms with van der Waals surface area (Å²) < 4.78 is 38.5. The highest BCUT2D eigenvalue weighted by molar-refractivity contribution is 5.78. The summed E-state index contributed by atoms with van der Waals surface area (Å²) in [6.45, 7) is 0.616. The van der Waals surface area contributed by atoms with Gasteiger partial charge in [-0.1, -0.05) is 0 Å². The monoisotopic (exact) mass is 336 g/mol. The molecule has 1 heterocycles. The van der Waals surface area contributed by atoms with Crippen molar-refractivity contribution < 1.29 is 23.1 Å². The average Bonchev–Trinajstić information content (AvgIpc) is 2.54. The quantitative estimate of drug-likeness (QED) is 0.856. The lowest BCUT2D eigenvalue weighted by Crippen LogP contribution is -2.49. The molecule has 1 amide bonds. The standard InChI is InChI=1S/C16H27F3N2O2/c1-20(14-6-4-12(11-22)5-7-14)10-15(23)21-8-2-3-13(9-21)16(17,18)19/h12-14,22H,2-11H2,1H3. The van der Waals surface area contributed by atoms with Crippen molar-refractivity contribution in [2.45, 2.75) is 50.7 Å². The van der Waals surface area contributed by atoms with Gasteiger partial charge in [-0.25, -0.2) is 0 Å². The molecule has 7 heteroatoms. The number of nitrogens with zero attached hydrogens (tertiary/aromatic N) is 2. The maximum absolute atomic E-state index is 12.8. The summed E-state index contributed by atoms with van der Waals surface area (Å²) in [5.41, 5.74) is 0. The van der Waals surface area contributed by atoms with E-state index in [0.29, 0.717) is 18.9 Å². The van der Waals surface area contributed by atoms with Gasteiger partial charge < -0.3 is 10.0 Å². The average molecular weight is 336 g/mol. The zero-order valence-electron chi connectivity index (χ0n) is 13.7. The lowest BCUT2D eigenvalue weighted by Gasteiger charge is -2.37. The number of halogens is 3. The van der Waals surface area contributed by atoms with Crippen LogP contribution in [0.1, 0.15) is 38.5 Å². The zero-order valence-corrected chi connectivity index (χ0v) is 13.7. The van der Waals surface area contributed by atoms with Gasteiger partial charge >= 0.3 is 6.18 Å². The molecule has 2 rings (SSSR count). The Morgan fingerprint density at radius 3 is 2.43 bits per heavy atom. The number of hydrogen-bond acceptors (Lipinski definition) is 3. The maximum Gasteiger partial charge on any atom is 0.393 e. The Balaban J connectivity index is 1.81. The van der Waals surface area contributed by atoms with E-state index < -0.39 is 12.1 Å². The van der Waals surface area contributed by atoms with E-state index >= 15 is 0 Å². The molecule has 1 saturated heterocycles. The Kier molecular flexibility index (Phi) is 6.31. The fourth-order valence-electron chi connectivity index (χ4n) is 3.68. The lowest BCUT2D eigenvalue weighted by molar-refractivity contribution is -0.188. The molecule has 0 aromatic carbocycles. The second kappa shape index (κ2) is 7.83. The number of piperidine rings is 1. The summed E-state index contributed by atoms with van der Waals surface area (Å²) in [6, 6.07) is 0.282. The molecule has 4 nitrogen and oxygen atoms in total. The molecule has 0 radical (unpaired) electrons. The van der Waals surface area contributed by atoms with Gasteiger partial charge in [-0.05, 0) is 51.5 Å². The van der Waals surface area contributed by atoms with Crippen LogP contribution in [-0.2, 0) is 4.79 Å². The Labute approximate surface area is 135 Å². The van der Waals surface area contributed by atoms with Crippen molar-refractivity contribution in [3.05, 3.63) is 0 Å². The van der Waals surface area contributed by atoms with E-state index in [-0.39, 0.29) is 38.1 Å². The molecular weight excluding hydrogens is 309 g/mol. The topological polar surface area (TPSA) is 43.8 Å². The second-order valence-corrected chi connectivity index (χ2v) is 6.99. The number of carbonyl (C=O) groups excluding carboxylic acids is 1. The van der Waals surface area contributed by atoms with Crippen LogP contribution in [0.2, 0.25) is 0 Å². The molecule has 0 spiro atoms. The molecule has 2 aliphatic rings. The lowest BCUT2D eigenvalue weighted by atomic mass is 9.86. The Bertz CT molecular complexity index is 395. The van der Waals surface area contributed by atoms with Crippen LogP contribution in [0, 0.1) is 11.8 Å². The van der Waals surface area contributed by atoms with Crippen LogP contribution in [0.3, 0.4) is 0 Å². The van der Waals surface area contributed by atoms with Crippen LogP contribution in [0.15, 0.2) is 0 Å². The highest BCUT2D eigenvalue weighted by atomic mass is 19.4. The van der Waals surface area contributed by atoms with Gasteiger partial charge in [-0.3, -0.25) is 9.69 Å². The fourth-order valence-corrected chi connectivity index (χ4v) is 3.68. The molecule has 134 valence electrons. The molecule has 0 aromatic heterocycles. The number of likely N-dealkylation sites (N-methyl/N-ethyl adjacent to an activating group) is 1. The first-order valence-electron chi connectivity index (χ1n) is 8.46. The molecule has 23 heavy (non-hydrogen) atoms. The van der Waals surface area contributed by atoms with Gasteiger partial charge in [0.05, 0.1) is 12.5 Å². The highest BCUT2D eigenvalue weighted by Crippen LogP contribution is 2.33. The normalized spacial score (nSPS) is 29.8.